The van der Waals surface area contributed by atoms with E-state index >= 15 is 0 Å². The van der Waals surface area contributed by atoms with E-state index in [0.717, 1.165) is 34.3 Å². The second-order valence-electron chi connectivity index (χ2n) is 7.07. The van der Waals surface area contributed by atoms with Crippen molar-refractivity contribution in [3.05, 3.63) is 35.6 Å². The lowest BCUT2D eigenvalue weighted by Crippen LogP contribution is -2.62. The maximum Gasteiger partial charge on any atom is 0.179 e. The Morgan fingerprint density at radius 3 is 2.70 bits per heavy atom. The van der Waals surface area contributed by atoms with Gasteiger partial charge in [0.15, 0.2) is 5.65 Å². The van der Waals surface area contributed by atoms with E-state index in [4.69, 9.17) is 28.1 Å². The number of anilines is 2. The first-order chi connectivity index (χ1) is 13.1. The van der Waals surface area contributed by atoms with Gasteiger partial charge in [0.2, 0.25) is 0 Å². The van der Waals surface area contributed by atoms with Crippen LogP contribution in [-0.2, 0) is 0 Å². The molecule has 1 unspecified atom stereocenters. The van der Waals surface area contributed by atoms with Crippen molar-refractivity contribution in [2.24, 2.45) is 17.6 Å². The quantitative estimate of drug-likeness (QED) is 0.692. The number of hydrogen-bond acceptors (Lipinski definition) is 8. The largest absolute Gasteiger partial charge is 0.382 e. The van der Waals surface area contributed by atoms with Gasteiger partial charge in [-0.05, 0) is 36.5 Å². The van der Waals surface area contributed by atoms with Crippen LogP contribution in [0.5, 0.6) is 0 Å². The van der Waals surface area contributed by atoms with E-state index in [1.807, 2.05) is 18.2 Å². The third-order valence-corrected chi connectivity index (χ3v) is 6.90. The molecule has 138 valence electrons. The van der Waals surface area contributed by atoms with Gasteiger partial charge in [-0.15, -0.1) is 0 Å². The highest BCUT2D eigenvalue weighted by molar-refractivity contribution is 7.99. The number of aromatic nitrogens is 4. The van der Waals surface area contributed by atoms with E-state index in [1.165, 1.54) is 18.2 Å². The summed E-state index contributed by atoms with van der Waals surface area (Å²) in [6, 6.07) is 6.03. The van der Waals surface area contributed by atoms with Crippen LogP contribution in [0.4, 0.5) is 11.6 Å². The van der Waals surface area contributed by atoms with Crippen LogP contribution in [0.1, 0.15) is 6.42 Å². The molecule has 3 aromatic heterocycles. The minimum absolute atomic E-state index is 0.311. The number of nitrogens with zero attached hydrogens (tertiary/aromatic N) is 5. The number of hydrogen-bond donors (Lipinski definition) is 2. The maximum absolute atomic E-state index is 6.22. The van der Waals surface area contributed by atoms with Gasteiger partial charge in [0.1, 0.15) is 22.2 Å². The molecule has 0 amide bonds. The molecule has 0 spiro atoms. The van der Waals surface area contributed by atoms with Crippen molar-refractivity contribution in [2.45, 2.75) is 22.4 Å². The summed E-state index contributed by atoms with van der Waals surface area (Å²) in [4.78, 5) is 20.9. The minimum Gasteiger partial charge on any atom is -0.382 e. The Morgan fingerprint density at radius 1 is 1.11 bits per heavy atom. The SMILES string of the molecule is Nc1nccc(Sc2ccc3nc(N4C[C@H]5C[C@@H](C4)C5N)cnc3n2)c1Cl. The van der Waals surface area contributed by atoms with E-state index < -0.39 is 0 Å². The number of rotatable bonds is 3. The fourth-order valence-electron chi connectivity index (χ4n) is 3.83. The number of halogens is 1. The summed E-state index contributed by atoms with van der Waals surface area (Å²) in [6.07, 6.45) is 4.67. The summed E-state index contributed by atoms with van der Waals surface area (Å²) < 4.78 is 0. The molecule has 2 aliphatic heterocycles. The molecule has 3 aliphatic rings. The summed E-state index contributed by atoms with van der Waals surface area (Å²) in [7, 11) is 0. The molecular weight excluding hydrogens is 382 g/mol. The highest BCUT2D eigenvalue weighted by Gasteiger charge is 2.44. The molecule has 3 atom stereocenters. The molecule has 9 heteroatoms. The number of nitrogens with two attached hydrogens (primary N) is 2. The highest BCUT2D eigenvalue weighted by atomic mass is 35.5. The lowest BCUT2D eigenvalue weighted by Gasteiger charge is -2.52. The van der Waals surface area contributed by atoms with Crippen LogP contribution >= 0.6 is 23.4 Å². The molecule has 3 fully saturated rings. The highest BCUT2D eigenvalue weighted by Crippen LogP contribution is 2.40. The molecule has 27 heavy (non-hydrogen) atoms. The van der Waals surface area contributed by atoms with Gasteiger partial charge in [0.05, 0.1) is 11.2 Å². The average Bonchev–Trinajstić information content (AvgIpc) is 2.70. The van der Waals surface area contributed by atoms with E-state index in [9.17, 15) is 0 Å². The molecule has 1 aliphatic carbocycles. The lowest BCUT2D eigenvalue weighted by atomic mass is 9.67. The number of fused-ring (bicyclic) bond motifs is 3. The van der Waals surface area contributed by atoms with Crippen molar-refractivity contribution in [1.82, 2.24) is 19.9 Å². The van der Waals surface area contributed by atoms with Crippen molar-refractivity contribution in [3.63, 3.8) is 0 Å². The molecule has 1 saturated carbocycles. The van der Waals surface area contributed by atoms with Crippen LogP contribution in [0.25, 0.3) is 11.2 Å². The smallest absolute Gasteiger partial charge is 0.179 e. The normalized spacial score (nSPS) is 24.1. The standard InChI is InChI=1S/C18H18ClN7S/c19-15-12(3-4-22-17(15)21)27-14-2-1-11-18(25-14)23-6-13(24-11)26-7-9-5-10(8-26)16(9)20/h1-4,6,9-10,16H,5,7-8,20H2,(H2,21,22)/t9-,10+,16?. The van der Waals surface area contributed by atoms with E-state index in [2.05, 4.69) is 19.9 Å². The monoisotopic (exact) mass is 399 g/mol. The summed E-state index contributed by atoms with van der Waals surface area (Å²) in [5.74, 6) is 2.37. The van der Waals surface area contributed by atoms with Crippen molar-refractivity contribution < 1.29 is 0 Å². The summed E-state index contributed by atoms with van der Waals surface area (Å²) >= 11 is 7.64. The average molecular weight is 400 g/mol. The van der Waals surface area contributed by atoms with Crippen LogP contribution in [0.3, 0.4) is 0 Å². The van der Waals surface area contributed by atoms with E-state index in [0.29, 0.717) is 34.4 Å². The van der Waals surface area contributed by atoms with Gasteiger partial charge >= 0.3 is 0 Å². The van der Waals surface area contributed by atoms with Gasteiger partial charge in [0, 0.05) is 30.2 Å². The van der Waals surface area contributed by atoms with Gasteiger partial charge in [-0.25, -0.2) is 19.9 Å². The predicted molar refractivity (Wildman–Crippen MR) is 107 cm³/mol. The van der Waals surface area contributed by atoms with Gasteiger partial charge in [-0.3, -0.25) is 0 Å². The Labute approximate surface area is 165 Å². The Balaban J connectivity index is 1.39. The number of piperidine rings is 2. The molecule has 0 aromatic carbocycles. The van der Waals surface area contributed by atoms with Crippen molar-refractivity contribution >= 4 is 46.2 Å². The molecule has 3 aromatic rings. The molecule has 6 rings (SSSR count). The number of pyridine rings is 2. The van der Waals surface area contributed by atoms with Crippen LogP contribution in [-0.4, -0.2) is 39.1 Å². The maximum atomic E-state index is 6.22. The second kappa shape index (κ2) is 6.47. The van der Waals surface area contributed by atoms with Crippen molar-refractivity contribution in [1.29, 1.82) is 0 Å². The molecule has 5 heterocycles. The van der Waals surface area contributed by atoms with Crippen molar-refractivity contribution in [3.8, 4) is 0 Å². The second-order valence-corrected chi connectivity index (χ2v) is 8.51. The minimum atomic E-state index is 0.311. The third kappa shape index (κ3) is 2.97. The predicted octanol–water partition coefficient (Wildman–Crippen LogP) is 2.59. The zero-order valence-corrected chi connectivity index (χ0v) is 16.0. The first-order valence-corrected chi connectivity index (χ1v) is 10.00. The topological polar surface area (TPSA) is 107 Å². The molecule has 4 N–H and O–H groups in total. The van der Waals surface area contributed by atoms with Crippen LogP contribution in [0.2, 0.25) is 5.02 Å². The first kappa shape index (κ1) is 17.0. The lowest BCUT2D eigenvalue weighted by molar-refractivity contribution is 0.115. The summed E-state index contributed by atoms with van der Waals surface area (Å²) in [5, 5.41) is 1.22. The van der Waals surface area contributed by atoms with E-state index in [-0.39, 0.29) is 0 Å². The van der Waals surface area contributed by atoms with Crippen LogP contribution < -0.4 is 16.4 Å². The third-order valence-electron chi connectivity index (χ3n) is 5.39. The molecule has 7 nitrogen and oxygen atoms in total. The molecule has 2 bridgehead atoms. The van der Waals surface area contributed by atoms with Crippen LogP contribution in [0, 0.1) is 11.8 Å². The fourth-order valence-corrected chi connectivity index (χ4v) is 4.88. The number of nitrogen functional groups attached to an aromatic ring is 1. The van der Waals surface area contributed by atoms with Gasteiger partial charge < -0.3 is 16.4 Å². The molecule has 2 saturated heterocycles. The summed E-state index contributed by atoms with van der Waals surface area (Å²) in [6.45, 7) is 1.92. The van der Waals surface area contributed by atoms with Crippen molar-refractivity contribution in [2.75, 3.05) is 23.7 Å². The first-order valence-electron chi connectivity index (χ1n) is 8.80. The Bertz CT molecular complexity index is 1020. The van der Waals surface area contributed by atoms with Gasteiger partial charge in [0.25, 0.3) is 0 Å². The Morgan fingerprint density at radius 2 is 1.93 bits per heavy atom. The Hall–Kier alpha value is -2.16. The zero-order valence-electron chi connectivity index (χ0n) is 14.4. The molecular formula is C18H18ClN7S. The van der Waals surface area contributed by atoms with E-state index in [1.54, 1.807) is 12.4 Å². The van der Waals surface area contributed by atoms with Gasteiger partial charge in [-0.1, -0.05) is 23.4 Å². The zero-order chi connectivity index (χ0) is 18.5. The Kier molecular flexibility index (Phi) is 4.07. The fraction of sp³-hybridized carbons (Fsp3) is 0.333. The summed E-state index contributed by atoms with van der Waals surface area (Å²) in [5.41, 5.74) is 13.3. The molecule has 0 radical (unpaired) electrons. The van der Waals surface area contributed by atoms with Gasteiger partial charge in [-0.2, -0.15) is 0 Å². The van der Waals surface area contributed by atoms with Crippen LogP contribution in [0.15, 0.2) is 40.5 Å².